The molecule has 0 heterocycles. The summed E-state index contributed by atoms with van der Waals surface area (Å²) < 4.78 is 0. The maximum Gasteiger partial charge on any atom is 0.0780 e. The Morgan fingerprint density at radius 1 is 1.21 bits per heavy atom. The van der Waals surface area contributed by atoms with Crippen LogP contribution in [0.15, 0.2) is 5.28 Å². The van der Waals surface area contributed by atoms with Crippen LogP contribution in [0.5, 0.6) is 0 Å². The number of hydrazine groups is 1. The normalized spacial score (nSPS) is 12.1. The van der Waals surface area contributed by atoms with Gasteiger partial charge >= 0.3 is 0 Å². The lowest BCUT2D eigenvalue weighted by atomic mass is 10.1. The molecule has 0 aliphatic rings. The first-order valence-corrected chi connectivity index (χ1v) is 7.08. The molecule has 0 bridgehead atoms. The van der Waals surface area contributed by atoms with Crippen molar-refractivity contribution in [2.45, 2.75) is 39.5 Å². The third-order valence-corrected chi connectivity index (χ3v) is 2.84. The highest BCUT2D eigenvalue weighted by Crippen LogP contribution is 2.05. The summed E-state index contributed by atoms with van der Waals surface area (Å²) in [6, 6.07) is 0. The molecule has 0 radical (unpaired) electrons. The molecular formula is C12H28N5O2-. The van der Waals surface area contributed by atoms with E-state index in [1.165, 1.54) is 5.01 Å². The summed E-state index contributed by atoms with van der Waals surface area (Å²) in [7, 11) is 0. The molecule has 0 aliphatic carbocycles. The molecule has 0 atom stereocenters. The topological polar surface area (TPSA) is 103 Å². The Bertz CT molecular complexity index is 236. The highest BCUT2D eigenvalue weighted by atomic mass is 16.6. The van der Waals surface area contributed by atoms with Crippen LogP contribution in [0, 0.1) is 16.3 Å². The van der Waals surface area contributed by atoms with E-state index in [0.29, 0.717) is 25.6 Å². The second-order valence-corrected chi connectivity index (χ2v) is 5.07. The molecule has 0 aliphatic heterocycles. The molecule has 3 N–H and O–H groups in total. The number of rotatable bonds is 12. The fourth-order valence-corrected chi connectivity index (χ4v) is 1.76. The molecule has 114 valence electrons. The number of nitrogens with two attached hydrogens (primary N) is 1. The van der Waals surface area contributed by atoms with Crippen molar-refractivity contribution in [2.75, 3.05) is 32.7 Å². The predicted molar refractivity (Wildman–Crippen MR) is 76.2 cm³/mol. The Morgan fingerprint density at radius 3 is 2.42 bits per heavy atom. The van der Waals surface area contributed by atoms with E-state index in [4.69, 9.17) is 5.73 Å². The maximum atomic E-state index is 11.3. The lowest BCUT2D eigenvalue weighted by Crippen LogP contribution is -2.34. The average molecular weight is 274 g/mol. The zero-order chi connectivity index (χ0) is 14.5. The summed E-state index contributed by atoms with van der Waals surface area (Å²) in [5.74, 6) is 0.601. The molecule has 0 saturated carbocycles. The van der Waals surface area contributed by atoms with E-state index in [2.05, 4.69) is 24.4 Å². The van der Waals surface area contributed by atoms with Gasteiger partial charge in [-0.25, -0.2) is 0 Å². The molecule has 0 spiro atoms. The van der Waals surface area contributed by atoms with Crippen LogP contribution in [0.3, 0.4) is 0 Å². The van der Waals surface area contributed by atoms with Crippen molar-refractivity contribution in [1.29, 1.82) is 0 Å². The van der Waals surface area contributed by atoms with Crippen molar-refractivity contribution in [3.8, 4) is 0 Å². The van der Waals surface area contributed by atoms with E-state index in [0.717, 1.165) is 38.8 Å². The van der Waals surface area contributed by atoms with Gasteiger partial charge in [0.25, 0.3) is 0 Å². The molecular weight excluding hydrogens is 246 g/mol. The predicted octanol–water partition coefficient (Wildman–Crippen LogP) is 1.43. The average Bonchev–Trinajstić information content (AvgIpc) is 2.39. The molecule has 7 nitrogen and oxygen atoms in total. The minimum absolute atomic E-state index is 0.167. The Labute approximate surface area is 116 Å². The van der Waals surface area contributed by atoms with E-state index < -0.39 is 0 Å². The fraction of sp³-hybridized carbons (Fsp3) is 1.00. The van der Waals surface area contributed by atoms with E-state index in [-0.39, 0.29) is 4.97 Å². The van der Waals surface area contributed by atoms with Crippen molar-refractivity contribution < 1.29 is 4.97 Å². The number of nitrogens with one attached hydrogen (secondary N) is 1. The van der Waals surface area contributed by atoms with Crippen molar-refractivity contribution >= 4 is 0 Å². The van der Waals surface area contributed by atoms with Crippen LogP contribution in [0.4, 0.5) is 0 Å². The Morgan fingerprint density at radius 2 is 1.84 bits per heavy atom. The quantitative estimate of drug-likeness (QED) is 0.242. The first-order valence-electron chi connectivity index (χ1n) is 7.08. The number of hydrogen-bond donors (Lipinski definition) is 2. The van der Waals surface area contributed by atoms with Gasteiger partial charge in [0, 0.05) is 4.97 Å². The Balaban J connectivity index is 3.81. The SMILES string of the molecule is CC(C)CCCN(CCCNCCCN)/[N+]([O-])=N/[O-]. The number of hydrogen-bond acceptors (Lipinski definition) is 5. The van der Waals surface area contributed by atoms with Crippen molar-refractivity contribution in [2.24, 2.45) is 16.9 Å². The van der Waals surface area contributed by atoms with Crippen LogP contribution in [0.2, 0.25) is 0 Å². The van der Waals surface area contributed by atoms with Gasteiger partial charge in [-0.1, -0.05) is 13.8 Å². The molecule has 0 rings (SSSR count). The van der Waals surface area contributed by atoms with Gasteiger partial charge in [0.15, 0.2) is 0 Å². The summed E-state index contributed by atoms with van der Waals surface area (Å²) in [6.07, 6.45) is 3.69. The second-order valence-electron chi connectivity index (χ2n) is 5.07. The van der Waals surface area contributed by atoms with E-state index in [1.807, 2.05) is 0 Å². The van der Waals surface area contributed by atoms with Gasteiger partial charge in [0.2, 0.25) is 0 Å². The molecule has 0 aromatic carbocycles. The Hall–Kier alpha value is -1.08. The van der Waals surface area contributed by atoms with Crippen molar-refractivity contribution in [1.82, 2.24) is 10.3 Å². The van der Waals surface area contributed by atoms with Gasteiger partial charge in [-0.15, -0.1) is 5.01 Å². The second kappa shape index (κ2) is 12.0. The third kappa shape index (κ3) is 10.5. The maximum absolute atomic E-state index is 11.3. The van der Waals surface area contributed by atoms with Gasteiger partial charge in [-0.3, -0.25) is 0 Å². The molecule has 0 saturated heterocycles. The first-order chi connectivity index (χ1) is 9.11. The van der Waals surface area contributed by atoms with Crippen LogP contribution in [-0.4, -0.2) is 42.7 Å². The minimum Gasteiger partial charge on any atom is -0.737 e. The zero-order valence-electron chi connectivity index (χ0n) is 12.2. The van der Waals surface area contributed by atoms with Crippen molar-refractivity contribution in [3.05, 3.63) is 10.4 Å². The summed E-state index contributed by atoms with van der Waals surface area (Å²) in [5, 5.41) is 28.7. The van der Waals surface area contributed by atoms with E-state index in [1.54, 1.807) is 0 Å². The van der Waals surface area contributed by atoms with Gasteiger partial charge in [-0.2, -0.15) is 0 Å². The molecule has 7 heteroatoms. The summed E-state index contributed by atoms with van der Waals surface area (Å²) in [4.78, 5) is 0.167. The summed E-state index contributed by atoms with van der Waals surface area (Å²) in [6.45, 7) is 7.78. The molecule has 0 aromatic heterocycles. The van der Waals surface area contributed by atoms with Crippen molar-refractivity contribution in [3.63, 3.8) is 0 Å². The monoisotopic (exact) mass is 274 g/mol. The van der Waals surface area contributed by atoms with Crippen LogP contribution >= 0.6 is 0 Å². The summed E-state index contributed by atoms with van der Waals surface area (Å²) in [5.41, 5.74) is 5.39. The number of nitrogens with zero attached hydrogens (tertiary/aromatic N) is 3. The third-order valence-electron chi connectivity index (χ3n) is 2.84. The van der Waals surface area contributed by atoms with E-state index in [9.17, 15) is 10.4 Å². The standard InChI is InChI=1S/C12H29N5O2/c1-12(2)6-3-10-16(17(19)15-18)11-5-9-14-8-4-7-13/h12,14,18H,3-11,13H2,1-2H3/p-1/b17-15-. The van der Waals surface area contributed by atoms with Gasteiger partial charge in [-0.05, 0) is 56.5 Å². The molecule has 0 fully saturated rings. The van der Waals surface area contributed by atoms with Gasteiger partial charge in [0.05, 0.1) is 13.1 Å². The summed E-state index contributed by atoms with van der Waals surface area (Å²) >= 11 is 0. The molecule has 19 heavy (non-hydrogen) atoms. The fourth-order valence-electron chi connectivity index (χ4n) is 1.76. The molecule has 0 amide bonds. The molecule has 0 unspecified atom stereocenters. The van der Waals surface area contributed by atoms with Crippen LogP contribution in [-0.2, 0) is 0 Å². The van der Waals surface area contributed by atoms with Crippen LogP contribution in [0.1, 0.15) is 39.5 Å². The first kappa shape index (κ1) is 17.9. The highest BCUT2D eigenvalue weighted by Gasteiger charge is 2.10. The van der Waals surface area contributed by atoms with Crippen LogP contribution < -0.4 is 11.1 Å². The lowest BCUT2D eigenvalue weighted by Gasteiger charge is -2.20. The van der Waals surface area contributed by atoms with Gasteiger partial charge in [0.1, 0.15) is 0 Å². The zero-order valence-corrected chi connectivity index (χ0v) is 12.2. The Kier molecular flexibility index (Phi) is 11.3. The van der Waals surface area contributed by atoms with Crippen LogP contribution in [0.25, 0.3) is 0 Å². The van der Waals surface area contributed by atoms with Gasteiger partial charge < -0.3 is 21.5 Å². The minimum atomic E-state index is 0.167. The largest absolute Gasteiger partial charge is 0.737 e. The highest BCUT2D eigenvalue weighted by molar-refractivity contribution is 4.54. The molecule has 0 aromatic rings. The lowest BCUT2D eigenvalue weighted by molar-refractivity contribution is -0.690. The van der Waals surface area contributed by atoms with E-state index >= 15 is 0 Å². The smallest absolute Gasteiger partial charge is 0.0780 e.